The van der Waals surface area contributed by atoms with Gasteiger partial charge < -0.3 is 0 Å². The van der Waals surface area contributed by atoms with Gasteiger partial charge in [0.05, 0.1) is 0 Å². The van der Waals surface area contributed by atoms with E-state index in [0.29, 0.717) is 0 Å². The van der Waals surface area contributed by atoms with Crippen molar-refractivity contribution < 1.29 is 21.1 Å². The molecule has 0 bridgehead atoms. The Morgan fingerprint density at radius 1 is 1.11 bits per heavy atom. The quantitative estimate of drug-likeness (QED) is 0.644. The molecule has 1 rings (SSSR count). The number of aryl methyl sites for hydroxylation is 2. The maximum absolute atomic E-state index is 3.03. The van der Waals surface area contributed by atoms with Crippen LogP contribution in [0.4, 0.5) is 0 Å². The third kappa shape index (κ3) is 2.81. The number of benzene rings is 1. The van der Waals surface area contributed by atoms with Crippen LogP contribution in [-0.2, 0) is 21.1 Å². The normalized spacial score (nSPS) is 8.22. The fraction of sp³-hybridized carbons (Fsp3) is 0.250. The first-order valence-electron chi connectivity index (χ1n) is 2.73. The Hall–Kier alpha value is -0.0917. The van der Waals surface area contributed by atoms with Crippen LogP contribution in [0, 0.1) is 19.9 Å². The molecule has 0 unspecified atom stereocenters. The van der Waals surface area contributed by atoms with Gasteiger partial charge >= 0.3 is 0 Å². The maximum Gasteiger partial charge on any atom is 0 e. The van der Waals surface area contributed by atoms with Gasteiger partial charge in [0, 0.05) is 21.1 Å². The zero-order valence-electron chi connectivity index (χ0n) is 5.55. The Balaban J connectivity index is 0.000000640. The monoisotopic (exact) mass is 300 g/mol. The van der Waals surface area contributed by atoms with E-state index < -0.39 is 0 Å². The van der Waals surface area contributed by atoms with Crippen LogP contribution >= 0.6 is 0 Å². The summed E-state index contributed by atoms with van der Waals surface area (Å²) in [6, 6.07) is 9.12. The second kappa shape index (κ2) is 3.84. The summed E-state index contributed by atoms with van der Waals surface area (Å²) < 4.78 is 0. The molecule has 1 aromatic carbocycles. The molecule has 0 aromatic heterocycles. The SMILES string of the molecule is Cc1c[c-]cc(C)c1.[Pt]. The molecule has 0 nitrogen and oxygen atoms in total. The van der Waals surface area contributed by atoms with Crippen molar-refractivity contribution in [2.45, 2.75) is 13.8 Å². The second-order valence-electron chi connectivity index (χ2n) is 2.09. The summed E-state index contributed by atoms with van der Waals surface area (Å²) in [7, 11) is 0. The molecule has 0 fully saturated rings. The van der Waals surface area contributed by atoms with E-state index in [-0.39, 0.29) is 21.1 Å². The van der Waals surface area contributed by atoms with Crippen LogP contribution in [0.2, 0.25) is 0 Å². The molecule has 1 aromatic rings. The first-order chi connectivity index (χ1) is 3.79. The molecule has 0 heterocycles. The minimum absolute atomic E-state index is 0. The van der Waals surface area contributed by atoms with E-state index in [0.717, 1.165) is 0 Å². The summed E-state index contributed by atoms with van der Waals surface area (Å²) in [5, 5.41) is 0. The maximum atomic E-state index is 3.03. The van der Waals surface area contributed by atoms with E-state index in [9.17, 15) is 0 Å². The van der Waals surface area contributed by atoms with Crippen molar-refractivity contribution in [3.8, 4) is 0 Å². The third-order valence-corrected chi connectivity index (χ3v) is 1.08. The Morgan fingerprint density at radius 3 is 1.78 bits per heavy atom. The van der Waals surface area contributed by atoms with Gasteiger partial charge in [0.15, 0.2) is 0 Å². The Morgan fingerprint density at radius 2 is 1.56 bits per heavy atom. The van der Waals surface area contributed by atoms with Gasteiger partial charge in [-0.1, -0.05) is 13.8 Å². The zero-order chi connectivity index (χ0) is 5.98. The molecule has 0 saturated heterocycles. The van der Waals surface area contributed by atoms with Crippen molar-refractivity contribution in [1.29, 1.82) is 0 Å². The number of hydrogen-bond donors (Lipinski definition) is 0. The molecule has 0 radical (unpaired) electrons. The van der Waals surface area contributed by atoms with Crippen LogP contribution in [0.25, 0.3) is 0 Å². The van der Waals surface area contributed by atoms with Gasteiger partial charge in [-0.25, -0.2) is 0 Å². The van der Waals surface area contributed by atoms with Crippen molar-refractivity contribution in [1.82, 2.24) is 0 Å². The van der Waals surface area contributed by atoms with Crippen LogP contribution in [0.3, 0.4) is 0 Å². The first-order valence-corrected chi connectivity index (χ1v) is 2.73. The van der Waals surface area contributed by atoms with Crippen LogP contribution in [0.5, 0.6) is 0 Å². The molecule has 9 heavy (non-hydrogen) atoms. The predicted molar refractivity (Wildman–Crippen MR) is 34.8 cm³/mol. The first kappa shape index (κ1) is 8.91. The van der Waals surface area contributed by atoms with E-state index >= 15 is 0 Å². The predicted octanol–water partition coefficient (Wildman–Crippen LogP) is 2.10. The molecular formula is C8H9Pt-. The fourth-order valence-electron chi connectivity index (χ4n) is 0.747. The molecule has 0 atom stereocenters. The van der Waals surface area contributed by atoms with Gasteiger partial charge in [0.25, 0.3) is 0 Å². The van der Waals surface area contributed by atoms with E-state index in [1.54, 1.807) is 0 Å². The Labute approximate surface area is 70.5 Å². The molecule has 0 spiro atoms. The average Bonchev–Trinajstić information content (AvgIpc) is 1.64. The van der Waals surface area contributed by atoms with Crippen molar-refractivity contribution in [3.05, 3.63) is 35.4 Å². The minimum Gasteiger partial charge on any atom is -0.183 e. The van der Waals surface area contributed by atoms with Gasteiger partial charge in [0.1, 0.15) is 0 Å². The van der Waals surface area contributed by atoms with Crippen LogP contribution in [0.15, 0.2) is 18.2 Å². The van der Waals surface area contributed by atoms with Crippen LogP contribution < -0.4 is 0 Å². The largest absolute Gasteiger partial charge is 0.183 e. The van der Waals surface area contributed by atoms with E-state index in [1.807, 2.05) is 12.1 Å². The van der Waals surface area contributed by atoms with Crippen molar-refractivity contribution >= 4 is 0 Å². The van der Waals surface area contributed by atoms with Gasteiger partial charge in [-0.3, -0.25) is 0 Å². The summed E-state index contributed by atoms with van der Waals surface area (Å²) in [5.74, 6) is 0. The van der Waals surface area contributed by atoms with E-state index in [1.165, 1.54) is 11.1 Å². The second-order valence-corrected chi connectivity index (χ2v) is 2.09. The summed E-state index contributed by atoms with van der Waals surface area (Å²) in [5.41, 5.74) is 2.56. The molecule has 0 aliphatic heterocycles. The Kier molecular flexibility index (Phi) is 3.81. The van der Waals surface area contributed by atoms with Gasteiger partial charge in [-0.15, -0.1) is 0 Å². The molecule has 1 heteroatoms. The molecule has 0 aliphatic carbocycles. The molecule has 0 aliphatic rings. The molecule has 0 saturated carbocycles. The molecule has 0 N–H and O–H groups in total. The van der Waals surface area contributed by atoms with Crippen molar-refractivity contribution in [2.75, 3.05) is 0 Å². The number of hydrogen-bond acceptors (Lipinski definition) is 0. The average molecular weight is 300 g/mol. The van der Waals surface area contributed by atoms with Crippen molar-refractivity contribution in [3.63, 3.8) is 0 Å². The summed E-state index contributed by atoms with van der Waals surface area (Å²) in [4.78, 5) is 0. The smallest absolute Gasteiger partial charge is 0 e. The third-order valence-electron chi connectivity index (χ3n) is 1.08. The molecule has 52 valence electrons. The van der Waals surface area contributed by atoms with Crippen molar-refractivity contribution in [2.24, 2.45) is 0 Å². The number of rotatable bonds is 0. The van der Waals surface area contributed by atoms with Crippen LogP contribution in [-0.4, -0.2) is 0 Å². The van der Waals surface area contributed by atoms with E-state index in [4.69, 9.17) is 0 Å². The summed E-state index contributed by atoms with van der Waals surface area (Å²) in [6.07, 6.45) is 0. The van der Waals surface area contributed by atoms with Crippen LogP contribution in [0.1, 0.15) is 11.1 Å². The standard InChI is InChI=1S/C8H9.Pt/c1-7-4-3-5-8(2)6-7;/h4-6H,1-2H3;/q-1;. The van der Waals surface area contributed by atoms with E-state index in [2.05, 4.69) is 26.0 Å². The minimum atomic E-state index is 0. The van der Waals surface area contributed by atoms with Gasteiger partial charge in [-0.05, 0) is 0 Å². The topological polar surface area (TPSA) is 0 Å². The molecule has 0 amide bonds. The summed E-state index contributed by atoms with van der Waals surface area (Å²) >= 11 is 0. The molecular weight excluding hydrogens is 291 g/mol. The zero-order valence-corrected chi connectivity index (χ0v) is 7.82. The van der Waals surface area contributed by atoms with Gasteiger partial charge in [-0.2, -0.15) is 35.4 Å². The Bertz CT molecular complexity index is 164. The summed E-state index contributed by atoms with van der Waals surface area (Å²) in [6.45, 7) is 4.15. The van der Waals surface area contributed by atoms with Gasteiger partial charge in [0.2, 0.25) is 0 Å². The fourth-order valence-corrected chi connectivity index (χ4v) is 0.747.